The molecule has 0 aromatic carbocycles. The van der Waals surface area contributed by atoms with Crippen molar-refractivity contribution < 1.29 is 4.79 Å². The molecule has 0 aromatic rings. The Morgan fingerprint density at radius 2 is 1.86 bits per heavy atom. The number of hydrogen-bond acceptors (Lipinski definition) is 2. The minimum atomic E-state index is -0.312. The first kappa shape index (κ1) is 13.4. The number of aldehydes is 1. The van der Waals surface area contributed by atoms with Crippen LogP contribution in [0.2, 0.25) is 0 Å². The van der Waals surface area contributed by atoms with Crippen LogP contribution in [0.15, 0.2) is 12.2 Å². The Bertz CT molecular complexity index is 173. The molecule has 0 rings (SSSR count). The highest BCUT2D eigenvalue weighted by atomic mass is 16.1. The maximum Gasteiger partial charge on any atom is 0.142 e. The first-order valence-electron chi connectivity index (χ1n) is 5.54. The number of allylic oxidation sites excluding steroid dienone is 1. The van der Waals surface area contributed by atoms with Gasteiger partial charge in [-0.2, -0.15) is 0 Å². The number of hydrogen-bond donors (Lipinski definition) is 1. The van der Waals surface area contributed by atoms with E-state index in [1.165, 1.54) is 31.8 Å². The van der Waals surface area contributed by atoms with Gasteiger partial charge in [-0.15, -0.1) is 0 Å². The van der Waals surface area contributed by atoms with Gasteiger partial charge in [-0.25, -0.2) is 0 Å². The van der Waals surface area contributed by atoms with Crippen molar-refractivity contribution >= 4 is 6.29 Å². The molecule has 0 radical (unpaired) electrons. The quantitative estimate of drug-likeness (QED) is 0.369. The predicted octanol–water partition coefficient (Wildman–Crippen LogP) is 2.82. The molecule has 1 unspecified atom stereocenters. The van der Waals surface area contributed by atoms with Gasteiger partial charge in [-0.05, 0) is 19.4 Å². The van der Waals surface area contributed by atoms with Gasteiger partial charge in [0.05, 0.1) is 0 Å². The Kier molecular flexibility index (Phi) is 7.40. The molecule has 2 nitrogen and oxygen atoms in total. The molecule has 1 atom stereocenters. The number of nitrogens with two attached hydrogens (primary N) is 1. The van der Waals surface area contributed by atoms with Gasteiger partial charge in [0.15, 0.2) is 0 Å². The summed E-state index contributed by atoms with van der Waals surface area (Å²) in [4.78, 5) is 10.1. The van der Waals surface area contributed by atoms with Crippen molar-refractivity contribution in [2.75, 3.05) is 0 Å². The lowest BCUT2D eigenvalue weighted by atomic mass is 9.95. The van der Waals surface area contributed by atoms with Gasteiger partial charge in [0.1, 0.15) is 6.29 Å². The van der Waals surface area contributed by atoms with Gasteiger partial charge in [0.2, 0.25) is 0 Å². The molecule has 0 saturated carbocycles. The first-order valence-corrected chi connectivity index (χ1v) is 5.54. The average molecular weight is 197 g/mol. The second-order valence-electron chi connectivity index (χ2n) is 4.17. The third-order valence-corrected chi connectivity index (χ3v) is 2.37. The van der Waals surface area contributed by atoms with E-state index in [2.05, 4.69) is 6.92 Å². The smallest absolute Gasteiger partial charge is 0.142 e. The fourth-order valence-electron chi connectivity index (χ4n) is 1.45. The van der Waals surface area contributed by atoms with Crippen LogP contribution in [-0.2, 0) is 4.79 Å². The zero-order valence-electron chi connectivity index (χ0n) is 9.46. The molecule has 0 aromatic heterocycles. The van der Waals surface area contributed by atoms with Crippen LogP contribution in [0, 0.1) is 0 Å². The molecule has 0 saturated heterocycles. The van der Waals surface area contributed by atoms with E-state index < -0.39 is 0 Å². The van der Waals surface area contributed by atoms with Crippen LogP contribution < -0.4 is 5.73 Å². The van der Waals surface area contributed by atoms with Crippen LogP contribution in [0.4, 0.5) is 0 Å². The Hall–Kier alpha value is -0.630. The fraction of sp³-hybridized carbons (Fsp3) is 0.750. The topological polar surface area (TPSA) is 43.1 Å². The van der Waals surface area contributed by atoms with Crippen LogP contribution >= 0.6 is 0 Å². The van der Waals surface area contributed by atoms with Crippen molar-refractivity contribution in [3.63, 3.8) is 0 Å². The van der Waals surface area contributed by atoms with Gasteiger partial charge >= 0.3 is 0 Å². The van der Waals surface area contributed by atoms with Gasteiger partial charge < -0.3 is 5.73 Å². The van der Waals surface area contributed by atoms with Crippen LogP contribution in [0.25, 0.3) is 0 Å². The summed E-state index contributed by atoms with van der Waals surface area (Å²) in [5, 5.41) is 0. The van der Waals surface area contributed by atoms with Crippen molar-refractivity contribution in [1.82, 2.24) is 0 Å². The number of rotatable bonds is 8. The lowest BCUT2D eigenvalue weighted by Gasteiger charge is -2.19. The lowest BCUT2D eigenvalue weighted by molar-refractivity contribution is -0.104. The van der Waals surface area contributed by atoms with E-state index in [-0.39, 0.29) is 5.54 Å². The molecular formula is C12H23NO. The van der Waals surface area contributed by atoms with E-state index in [0.717, 1.165) is 19.1 Å². The molecular weight excluding hydrogens is 174 g/mol. The Labute approximate surface area is 87.6 Å². The summed E-state index contributed by atoms with van der Waals surface area (Å²) in [6.07, 6.45) is 11.3. The maximum atomic E-state index is 10.1. The zero-order chi connectivity index (χ0) is 10.9. The van der Waals surface area contributed by atoms with Crippen molar-refractivity contribution in [3.05, 3.63) is 12.2 Å². The van der Waals surface area contributed by atoms with Gasteiger partial charge in [-0.3, -0.25) is 4.79 Å². The Balaban J connectivity index is 3.54. The van der Waals surface area contributed by atoms with Crippen LogP contribution in [0.1, 0.15) is 52.4 Å². The third-order valence-electron chi connectivity index (χ3n) is 2.37. The highest BCUT2D eigenvalue weighted by Gasteiger charge is 2.12. The second kappa shape index (κ2) is 7.74. The summed E-state index contributed by atoms with van der Waals surface area (Å²) in [5.74, 6) is 0. The molecule has 0 aliphatic carbocycles. The van der Waals surface area contributed by atoms with Crippen molar-refractivity contribution in [1.29, 1.82) is 0 Å². The summed E-state index contributed by atoms with van der Waals surface area (Å²) >= 11 is 0. The van der Waals surface area contributed by atoms with E-state index >= 15 is 0 Å². The van der Waals surface area contributed by atoms with E-state index in [4.69, 9.17) is 5.73 Å². The second-order valence-corrected chi connectivity index (χ2v) is 4.17. The zero-order valence-corrected chi connectivity index (χ0v) is 9.46. The molecule has 0 aliphatic heterocycles. The number of carbonyl (C=O) groups excluding carboxylic acids is 1. The average Bonchev–Trinajstić information content (AvgIpc) is 2.15. The van der Waals surface area contributed by atoms with E-state index in [1.807, 2.05) is 6.92 Å². The standard InChI is InChI=1S/C12H23NO/c1-3-4-5-6-7-9-12(2,13)10-8-11-14/h8,10-11H,3-7,9,13H2,1-2H3/b10-8-. The fourth-order valence-corrected chi connectivity index (χ4v) is 1.45. The minimum Gasteiger partial charge on any atom is -0.322 e. The van der Waals surface area contributed by atoms with E-state index in [0.29, 0.717) is 0 Å². The minimum absolute atomic E-state index is 0.312. The highest BCUT2D eigenvalue weighted by molar-refractivity contribution is 5.65. The highest BCUT2D eigenvalue weighted by Crippen LogP contribution is 2.14. The Morgan fingerprint density at radius 1 is 1.21 bits per heavy atom. The summed E-state index contributed by atoms with van der Waals surface area (Å²) in [6.45, 7) is 4.17. The van der Waals surface area contributed by atoms with Crippen molar-refractivity contribution in [2.45, 2.75) is 57.9 Å². The van der Waals surface area contributed by atoms with Crippen LogP contribution in [0.5, 0.6) is 0 Å². The van der Waals surface area contributed by atoms with E-state index in [9.17, 15) is 4.79 Å². The number of unbranched alkanes of at least 4 members (excludes halogenated alkanes) is 4. The van der Waals surface area contributed by atoms with Crippen LogP contribution in [0.3, 0.4) is 0 Å². The van der Waals surface area contributed by atoms with Gasteiger partial charge in [0.25, 0.3) is 0 Å². The summed E-state index contributed by atoms with van der Waals surface area (Å²) < 4.78 is 0. The van der Waals surface area contributed by atoms with Crippen molar-refractivity contribution in [2.24, 2.45) is 5.73 Å². The predicted molar refractivity (Wildman–Crippen MR) is 61.2 cm³/mol. The lowest BCUT2D eigenvalue weighted by Crippen LogP contribution is -2.33. The largest absolute Gasteiger partial charge is 0.322 e. The normalized spacial score (nSPS) is 15.6. The molecule has 2 heteroatoms. The Morgan fingerprint density at radius 3 is 2.43 bits per heavy atom. The number of carbonyl (C=O) groups is 1. The summed E-state index contributed by atoms with van der Waals surface area (Å²) in [7, 11) is 0. The SMILES string of the molecule is CCCCCCCC(C)(N)/C=C\C=O. The summed E-state index contributed by atoms with van der Waals surface area (Å²) in [6, 6.07) is 0. The summed E-state index contributed by atoms with van der Waals surface area (Å²) in [5.41, 5.74) is 5.66. The van der Waals surface area contributed by atoms with Gasteiger partial charge in [0, 0.05) is 5.54 Å². The molecule has 82 valence electrons. The molecule has 0 aliphatic rings. The van der Waals surface area contributed by atoms with E-state index in [1.54, 1.807) is 6.08 Å². The van der Waals surface area contributed by atoms with Crippen LogP contribution in [-0.4, -0.2) is 11.8 Å². The maximum absolute atomic E-state index is 10.1. The molecule has 0 spiro atoms. The molecule has 0 bridgehead atoms. The monoisotopic (exact) mass is 197 g/mol. The molecule has 0 heterocycles. The molecule has 2 N–H and O–H groups in total. The van der Waals surface area contributed by atoms with Crippen molar-refractivity contribution in [3.8, 4) is 0 Å². The molecule has 0 amide bonds. The van der Waals surface area contributed by atoms with Gasteiger partial charge in [-0.1, -0.05) is 45.1 Å². The molecule has 0 fully saturated rings. The third kappa shape index (κ3) is 7.99. The molecule has 14 heavy (non-hydrogen) atoms. The first-order chi connectivity index (χ1) is 6.62.